The molecule has 0 unspecified atom stereocenters. The molecule has 1 N–H and O–H groups in total. The minimum atomic E-state index is -3.51. The molecule has 2 saturated heterocycles. The molecular weight excluding hydrogens is 366 g/mol. The van der Waals surface area contributed by atoms with Crippen molar-refractivity contribution in [3.8, 4) is 0 Å². The molecule has 0 saturated carbocycles. The van der Waals surface area contributed by atoms with Crippen molar-refractivity contribution in [3.05, 3.63) is 35.9 Å². The van der Waals surface area contributed by atoms with E-state index in [-0.39, 0.29) is 18.4 Å². The van der Waals surface area contributed by atoms with Crippen LogP contribution in [0.3, 0.4) is 0 Å². The van der Waals surface area contributed by atoms with E-state index in [1.54, 1.807) is 0 Å². The van der Waals surface area contributed by atoms with Crippen LogP contribution in [0.5, 0.6) is 0 Å². The van der Waals surface area contributed by atoms with Gasteiger partial charge in [-0.1, -0.05) is 30.3 Å². The van der Waals surface area contributed by atoms with Crippen LogP contribution in [-0.4, -0.2) is 68.9 Å². The van der Waals surface area contributed by atoms with Crippen molar-refractivity contribution in [2.45, 2.75) is 25.7 Å². The summed E-state index contributed by atoms with van der Waals surface area (Å²) in [6.45, 7) is 2.99. The van der Waals surface area contributed by atoms with Gasteiger partial charge in [0, 0.05) is 32.7 Å². The van der Waals surface area contributed by atoms with Gasteiger partial charge in [-0.3, -0.25) is 4.79 Å². The third-order valence-electron chi connectivity index (χ3n) is 5.16. The molecule has 150 valence electrons. The number of ether oxygens (including phenoxy) is 1. The number of aryl methyl sites for hydroxylation is 1. The number of nitrogens with zero attached hydrogens (tertiary/aromatic N) is 2. The van der Waals surface area contributed by atoms with Crippen molar-refractivity contribution < 1.29 is 17.9 Å². The summed E-state index contributed by atoms with van der Waals surface area (Å²) in [5, 5.41) is 2.98. The summed E-state index contributed by atoms with van der Waals surface area (Å²) in [4.78, 5) is 12.5. The third-order valence-corrected chi connectivity index (χ3v) is 7.16. The second-order valence-corrected chi connectivity index (χ2v) is 9.03. The van der Waals surface area contributed by atoms with Crippen LogP contribution in [0.4, 0.5) is 0 Å². The fourth-order valence-electron chi connectivity index (χ4n) is 3.60. The van der Waals surface area contributed by atoms with Crippen molar-refractivity contribution >= 4 is 16.1 Å². The standard InChI is InChI=1S/C19H29N3O4S/c23-19(20-10-4-8-17-6-2-1-3-7-17)18-9-5-11-22(16-18)27(24,25)21-12-14-26-15-13-21/h1-3,6-7,18H,4-5,8-16H2,(H,20,23)/t18-/m0/s1. The van der Waals surface area contributed by atoms with Gasteiger partial charge in [-0.15, -0.1) is 0 Å². The number of piperidine rings is 1. The summed E-state index contributed by atoms with van der Waals surface area (Å²) in [7, 11) is -3.51. The number of rotatable bonds is 7. The number of nitrogens with one attached hydrogen (secondary N) is 1. The predicted molar refractivity (Wildman–Crippen MR) is 103 cm³/mol. The largest absolute Gasteiger partial charge is 0.379 e. The molecule has 0 spiro atoms. The number of hydrogen-bond donors (Lipinski definition) is 1. The first kappa shape index (κ1) is 20.3. The molecule has 0 bridgehead atoms. The van der Waals surface area contributed by atoms with Crippen molar-refractivity contribution in [2.24, 2.45) is 5.92 Å². The maximum atomic E-state index is 12.8. The molecular formula is C19H29N3O4S. The van der Waals surface area contributed by atoms with Gasteiger partial charge in [-0.2, -0.15) is 17.0 Å². The highest BCUT2D eigenvalue weighted by Crippen LogP contribution is 2.22. The van der Waals surface area contributed by atoms with Crippen molar-refractivity contribution in [3.63, 3.8) is 0 Å². The zero-order chi connectivity index (χ0) is 19.1. The Labute approximate surface area is 161 Å². The quantitative estimate of drug-likeness (QED) is 0.700. The van der Waals surface area contributed by atoms with Gasteiger partial charge in [0.05, 0.1) is 19.1 Å². The summed E-state index contributed by atoms with van der Waals surface area (Å²) in [5.74, 6) is -0.309. The number of carbonyl (C=O) groups is 1. The molecule has 27 heavy (non-hydrogen) atoms. The van der Waals surface area contributed by atoms with E-state index in [2.05, 4.69) is 17.4 Å². The Morgan fingerprint density at radius 1 is 1.11 bits per heavy atom. The predicted octanol–water partition coefficient (Wildman–Crippen LogP) is 1.02. The molecule has 2 aliphatic rings. The average molecular weight is 396 g/mol. The van der Waals surface area contributed by atoms with E-state index in [4.69, 9.17) is 4.74 Å². The van der Waals surface area contributed by atoms with E-state index in [0.717, 1.165) is 19.3 Å². The smallest absolute Gasteiger partial charge is 0.282 e. The summed E-state index contributed by atoms with van der Waals surface area (Å²) in [5.41, 5.74) is 1.26. The molecule has 2 heterocycles. The van der Waals surface area contributed by atoms with Gasteiger partial charge in [0.1, 0.15) is 0 Å². The van der Waals surface area contributed by atoms with E-state index < -0.39 is 10.2 Å². The van der Waals surface area contributed by atoms with E-state index >= 15 is 0 Å². The second-order valence-electron chi connectivity index (χ2n) is 7.10. The van der Waals surface area contributed by atoms with Gasteiger partial charge in [0.25, 0.3) is 10.2 Å². The molecule has 7 nitrogen and oxygen atoms in total. The monoisotopic (exact) mass is 395 g/mol. The molecule has 1 atom stereocenters. The fourth-order valence-corrected chi connectivity index (χ4v) is 5.26. The summed E-state index contributed by atoms with van der Waals surface area (Å²) in [6, 6.07) is 10.2. The number of morpholine rings is 1. The minimum Gasteiger partial charge on any atom is -0.379 e. The number of benzene rings is 1. The number of hydrogen-bond acceptors (Lipinski definition) is 4. The minimum absolute atomic E-state index is 0.0371. The first-order chi connectivity index (χ1) is 13.1. The van der Waals surface area contributed by atoms with E-state index in [0.29, 0.717) is 45.8 Å². The lowest BCUT2D eigenvalue weighted by Gasteiger charge is -2.36. The molecule has 2 fully saturated rings. The first-order valence-electron chi connectivity index (χ1n) is 9.72. The van der Waals surface area contributed by atoms with Crippen molar-refractivity contribution in [1.82, 2.24) is 13.9 Å². The zero-order valence-electron chi connectivity index (χ0n) is 15.7. The Kier molecular flexibility index (Phi) is 7.23. The highest BCUT2D eigenvalue weighted by molar-refractivity contribution is 7.86. The molecule has 8 heteroatoms. The number of amides is 1. The van der Waals surface area contributed by atoms with E-state index in [1.165, 1.54) is 14.2 Å². The Balaban J connectivity index is 1.46. The van der Waals surface area contributed by atoms with Crippen LogP contribution in [0.25, 0.3) is 0 Å². The summed E-state index contributed by atoms with van der Waals surface area (Å²) < 4.78 is 33.8. The maximum absolute atomic E-state index is 12.8. The Morgan fingerprint density at radius 2 is 1.85 bits per heavy atom. The van der Waals surface area contributed by atoms with Crippen LogP contribution < -0.4 is 5.32 Å². The van der Waals surface area contributed by atoms with Crippen LogP contribution in [0.2, 0.25) is 0 Å². The van der Waals surface area contributed by atoms with Gasteiger partial charge < -0.3 is 10.1 Å². The van der Waals surface area contributed by atoms with Crippen LogP contribution in [0, 0.1) is 5.92 Å². The van der Waals surface area contributed by atoms with Crippen LogP contribution >= 0.6 is 0 Å². The molecule has 2 aliphatic heterocycles. The zero-order valence-corrected chi connectivity index (χ0v) is 16.5. The Bertz CT molecular complexity index is 705. The lowest BCUT2D eigenvalue weighted by atomic mass is 9.99. The van der Waals surface area contributed by atoms with E-state index in [1.807, 2.05) is 18.2 Å². The highest BCUT2D eigenvalue weighted by Gasteiger charge is 2.36. The van der Waals surface area contributed by atoms with Gasteiger partial charge in [-0.05, 0) is 31.2 Å². The SMILES string of the molecule is O=C(NCCCc1ccccc1)[C@H]1CCCN(S(=O)(=O)N2CCOCC2)C1. The van der Waals surface area contributed by atoms with Gasteiger partial charge in [0.15, 0.2) is 0 Å². The molecule has 1 aromatic carbocycles. The fraction of sp³-hybridized carbons (Fsp3) is 0.632. The topological polar surface area (TPSA) is 79.0 Å². The second kappa shape index (κ2) is 9.64. The van der Waals surface area contributed by atoms with Gasteiger partial charge in [0.2, 0.25) is 5.91 Å². The van der Waals surface area contributed by atoms with Gasteiger partial charge >= 0.3 is 0 Å². The van der Waals surface area contributed by atoms with Crippen LogP contribution in [0.1, 0.15) is 24.8 Å². The van der Waals surface area contributed by atoms with Crippen molar-refractivity contribution in [2.75, 3.05) is 45.9 Å². The summed E-state index contributed by atoms with van der Waals surface area (Å²) >= 11 is 0. The van der Waals surface area contributed by atoms with E-state index in [9.17, 15) is 13.2 Å². The van der Waals surface area contributed by atoms with Crippen LogP contribution in [0.15, 0.2) is 30.3 Å². The molecule has 1 amide bonds. The first-order valence-corrected chi connectivity index (χ1v) is 11.1. The van der Waals surface area contributed by atoms with Gasteiger partial charge in [-0.25, -0.2) is 0 Å². The lowest BCUT2D eigenvalue weighted by molar-refractivity contribution is -0.126. The molecule has 0 radical (unpaired) electrons. The molecule has 1 aromatic rings. The lowest BCUT2D eigenvalue weighted by Crippen LogP contribution is -2.53. The third kappa shape index (κ3) is 5.51. The average Bonchev–Trinajstić information content (AvgIpc) is 2.72. The van der Waals surface area contributed by atoms with Crippen LogP contribution in [-0.2, 0) is 26.2 Å². The Hall–Kier alpha value is -1.48. The Morgan fingerprint density at radius 3 is 2.59 bits per heavy atom. The molecule has 3 rings (SSSR count). The maximum Gasteiger partial charge on any atom is 0.282 e. The normalized spacial score (nSPS) is 22.4. The van der Waals surface area contributed by atoms with Crippen molar-refractivity contribution in [1.29, 1.82) is 0 Å². The highest BCUT2D eigenvalue weighted by atomic mass is 32.2. The number of carbonyl (C=O) groups excluding carboxylic acids is 1. The molecule has 0 aliphatic carbocycles. The molecule has 0 aromatic heterocycles. The summed E-state index contributed by atoms with van der Waals surface area (Å²) in [6.07, 6.45) is 3.24.